The van der Waals surface area contributed by atoms with Gasteiger partial charge in [-0.2, -0.15) is 0 Å². The summed E-state index contributed by atoms with van der Waals surface area (Å²) < 4.78 is 25.3. The molecule has 0 spiro atoms. The van der Waals surface area contributed by atoms with E-state index in [2.05, 4.69) is 21.3 Å². The summed E-state index contributed by atoms with van der Waals surface area (Å²) in [6, 6.07) is 57.4. The van der Waals surface area contributed by atoms with E-state index in [4.69, 9.17) is 38.9 Å². The predicted molar refractivity (Wildman–Crippen MR) is 349 cm³/mol. The van der Waals surface area contributed by atoms with Gasteiger partial charge in [-0.05, 0) is 123 Å². The first-order valence-corrected chi connectivity index (χ1v) is 28.8. The Kier molecular flexibility index (Phi) is 19.1. The van der Waals surface area contributed by atoms with Crippen LogP contribution in [0, 0.1) is 0 Å². The maximum Gasteiger partial charge on any atom is 0.199 e. The third kappa shape index (κ3) is 14.5. The molecule has 88 heavy (non-hydrogen) atoms. The Hall–Kier alpha value is -11.5. The lowest BCUT2D eigenvalue weighted by molar-refractivity contribution is 0.102. The highest BCUT2D eigenvalue weighted by Crippen LogP contribution is 2.33. The van der Waals surface area contributed by atoms with Crippen molar-refractivity contribution < 1.29 is 38.1 Å². The second-order valence-corrected chi connectivity index (χ2v) is 20.2. The Bertz CT molecular complexity index is 3640. The number of Topliss-reactive ketones (excluding diaryl/α,β-unsaturated/α-hetero) is 4. The van der Waals surface area contributed by atoms with Crippen molar-refractivity contribution in [2.45, 2.75) is 25.7 Å². The van der Waals surface area contributed by atoms with Crippen molar-refractivity contribution >= 4 is 93.5 Å². The van der Waals surface area contributed by atoms with Gasteiger partial charge in [0.25, 0.3) is 0 Å². The molecule has 0 saturated carbocycles. The van der Waals surface area contributed by atoms with Crippen molar-refractivity contribution in [2.75, 3.05) is 47.7 Å². The second-order valence-electron chi connectivity index (χ2n) is 20.2. The highest BCUT2D eigenvalue weighted by molar-refractivity contribution is 6.25. The van der Waals surface area contributed by atoms with E-state index in [0.717, 1.165) is 0 Å². The molecule has 0 amide bonds. The summed E-state index contributed by atoms with van der Waals surface area (Å²) in [6.45, 7) is 1.03. The molecule has 8 aromatic carbocycles. The molecule has 0 saturated heterocycles. The number of nitrogens with zero attached hydrogens (tertiary/aromatic N) is 4. The maximum atomic E-state index is 14.7. The van der Waals surface area contributed by atoms with Gasteiger partial charge in [-0.1, -0.05) is 97.1 Å². The Morgan fingerprint density at radius 2 is 0.466 bits per heavy atom. The number of hydrogen-bond acceptors (Lipinski definition) is 16. The molecule has 0 fully saturated rings. The van der Waals surface area contributed by atoms with Crippen molar-refractivity contribution in [3.05, 3.63) is 263 Å². The minimum atomic E-state index is -0.349. The molecule has 3 aliphatic rings. The first-order chi connectivity index (χ1) is 43.3. The van der Waals surface area contributed by atoms with Crippen LogP contribution in [-0.4, -0.2) is 74.4 Å². The van der Waals surface area contributed by atoms with Gasteiger partial charge in [0.15, 0.2) is 23.1 Å². The summed E-state index contributed by atoms with van der Waals surface area (Å²) in [6.07, 6.45) is 14.5. The van der Waals surface area contributed by atoms with E-state index < -0.39 is 0 Å². The van der Waals surface area contributed by atoms with Crippen molar-refractivity contribution in [3.8, 4) is 23.0 Å². The quantitative estimate of drug-likeness (QED) is 0.112. The standard InChI is InChI=1S/C72H60N8O8/c81-69-49-41-73-57-25-5-7-27-59(57)75-43-50(44-76-60-28-8-6-26-58(60)74-42-49)70(82)55-23-3-15-35-67(55)87-39-19-20-40-88-68-36-16-4-24-56(68)72(84)52-47-79-63-31-11-9-29-61(63)77-45-51(46-78-62-30-10-12-32-64(62)80-48-52)71(83)54-22-2-14-34-66(54)86-38-18-17-37-85-65-33-13-1-21-53(65)69/h1-16,21-36,41-48,73,76-77,80H,17-20,37-40H2/b49-41+,50-44+,51-45?,52-48?,74-42?,75-43?,78-46?,79-47?. The summed E-state index contributed by atoms with van der Waals surface area (Å²) >= 11 is 0. The van der Waals surface area contributed by atoms with Crippen LogP contribution in [0.5, 0.6) is 23.0 Å². The van der Waals surface area contributed by atoms with Crippen LogP contribution in [0.3, 0.4) is 0 Å². The Morgan fingerprint density at radius 3 is 0.705 bits per heavy atom. The number of nitrogens with one attached hydrogen (secondary N) is 4. The Balaban J connectivity index is 0.924. The van der Waals surface area contributed by atoms with Crippen LogP contribution < -0.4 is 40.2 Å². The maximum absolute atomic E-state index is 14.7. The number of hydrogen-bond donors (Lipinski definition) is 4. The molecule has 0 atom stereocenters. The van der Waals surface area contributed by atoms with Gasteiger partial charge in [0.2, 0.25) is 0 Å². The van der Waals surface area contributed by atoms with Crippen LogP contribution in [0.15, 0.2) is 261 Å². The van der Waals surface area contributed by atoms with Gasteiger partial charge in [-0.3, -0.25) is 39.1 Å². The number of anilines is 4. The summed E-state index contributed by atoms with van der Waals surface area (Å²) in [5.74, 6) is 0.144. The molecular weight excluding hydrogens is 1100 g/mol. The summed E-state index contributed by atoms with van der Waals surface area (Å²) in [7, 11) is 0. The lowest BCUT2D eigenvalue weighted by atomic mass is 10.0. The summed E-state index contributed by atoms with van der Waals surface area (Å²) in [5.41, 5.74) is 6.40. The van der Waals surface area contributed by atoms with Crippen molar-refractivity contribution in [2.24, 2.45) is 20.0 Å². The summed E-state index contributed by atoms with van der Waals surface area (Å²) in [5, 5.41) is 13.1. The van der Waals surface area contributed by atoms with Gasteiger partial charge in [0.05, 0.1) is 116 Å². The van der Waals surface area contributed by atoms with E-state index in [1.807, 2.05) is 97.1 Å². The SMILES string of the molecule is O=C1C2=CNc3ccccc3N=CC(=CNc3ccccc3N=C2)C(=O)c2ccccc2OCCCCOc2ccccc2C(=O)/C2=C/Nc3ccccc3N=C/C(=C\Nc3ccccc3N=C2)C(=O)c2ccccc2OCCCCOc2ccccc21. The minimum absolute atomic E-state index is 0.224. The van der Waals surface area contributed by atoms with E-state index in [0.29, 0.717) is 116 Å². The van der Waals surface area contributed by atoms with Crippen molar-refractivity contribution in [1.82, 2.24) is 0 Å². The highest BCUT2D eigenvalue weighted by atomic mass is 16.5. The van der Waals surface area contributed by atoms with Crippen LogP contribution in [0.1, 0.15) is 67.1 Å². The van der Waals surface area contributed by atoms with Gasteiger partial charge in [-0.15, -0.1) is 0 Å². The number of ether oxygens (including phenoxy) is 4. The number of carbonyl (C=O) groups excluding carboxylic acids is 4. The van der Waals surface area contributed by atoms with Crippen LogP contribution in [0.4, 0.5) is 45.5 Å². The number of ketones is 4. The van der Waals surface area contributed by atoms with Crippen LogP contribution in [0.25, 0.3) is 0 Å². The first-order valence-electron chi connectivity index (χ1n) is 28.8. The van der Waals surface area contributed by atoms with Gasteiger partial charge < -0.3 is 40.2 Å². The molecule has 3 heterocycles. The lowest BCUT2D eigenvalue weighted by Gasteiger charge is -2.14. The average molecular weight is 1170 g/mol. The third-order valence-corrected chi connectivity index (χ3v) is 14.2. The Labute approximate surface area is 509 Å². The zero-order valence-electron chi connectivity index (χ0n) is 47.8. The van der Waals surface area contributed by atoms with Crippen LogP contribution in [0.2, 0.25) is 0 Å². The first kappa shape index (κ1) is 58.3. The minimum Gasteiger partial charge on any atom is -0.493 e. The number of allylic oxidation sites excluding steroid dienone is 4. The second kappa shape index (κ2) is 28.8. The molecule has 0 radical (unpaired) electrons. The van der Waals surface area contributed by atoms with Crippen molar-refractivity contribution in [3.63, 3.8) is 0 Å². The molecule has 0 aromatic heterocycles. The van der Waals surface area contributed by atoms with Gasteiger partial charge in [0.1, 0.15) is 23.0 Å². The largest absolute Gasteiger partial charge is 0.493 e. The van der Waals surface area contributed by atoms with Gasteiger partial charge >= 0.3 is 0 Å². The number of carbonyl (C=O) groups is 4. The van der Waals surface area contributed by atoms with E-state index in [-0.39, 0.29) is 71.9 Å². The zero-order valence-corrected chi connectivity index (χ0v) is 47.8. The lowest BCUT2D eigenvalue weighted by Crippen LogP contribution is -2.12. The molecule has 8 aromatic rings. The number of aliphatic imine (C=N–C) groups is 4. The molecular formula is C72H60N8O8. The fourth-order valence-corrected chi connectivity index (χ4v) is 9.54. The van der Waals surface area contributed by atoms with E-state index in [1.54, 1.807) is 122 Å². The normalized spacial score (nSPS) is 16.5. The number of para-hydroxylation sites is 12. The topological polar surface area (TPSA) is 203 Å². The highest BCUT2D eigenvalue weighted by Gasteiger charge is 2.22. The Morgan fingerprint density at radius 1 is 0.261 bits per heavy atom. The smallest absolute Gasteiger partial charge is 0.199 e. The number of rotatable bonds is 0. The molecule has 0 unspecified atom stereocenters. The third-order valence-electron chi connectivity index (χ3n) is 14.2. The van der Waals surface area contributed by atoms with Gasteiger partial charge in [-0.25, -0.2) is 0 Å². The molecule has 11 rings (SSSR count). The molecule has 436 valence electrons. The van der Waals surface area contributed by atoms with Crippen LogP contribution >= 0.6 is 0 Å². The molecule has 4 bridgehead atoms. The summed E-state index contributed by atoms with van der Waals surface area (Å²) in [4.78, 5) is 78.1. The van der Waals surface area contributed by atoms with Gasteiger partial charge in [0, 0.05) is 49.7 Å². The fraction of sp³-hybridized carbons (Fsp3) is 0.111. The molecule has 4 N–H and O–H groups in total. The molecule has 16 nitrogen and oxygen atoms in total. The van der Waals surface area contributed by atoms with E-state index >= 15 is 0 Å². The molecule has 0 aliphatic carbocycles. The van der Waals surface area contributed by atoms with Crippen LogP contribution in [-0.2, 0) is 0 Å². The monoisotopic (exact) mass is 1160 g/mol. The number of benzene rings is 8. The molecule has 3 aliphatic heterocycles. The molecule has 16 heteroatoms. The van der Waals surface area contributed by atoms with E-state index in [9.17, 15) is 19.2 Å². The van der Waals surface area contributed by atoms with E-state index in [1.165, 1.54) is 24.9 Å². The average Bonchev–Trinajstić information content (AvgIpc) is 3.77. The predicted octanol–water partition coefficient (Wildman–Crippen LogP) is 15.4. The fourth-order valence-electron chi connectivity index (χ4n) is 9.54. The number of fused-ring (bicyclic) bond motifs is 10. The van der Waals surface area contributed by atoms with Crippen molar-refractivity contribution in [1.29, 1.82) is 0 Å². The zero-order chi connectivity index (χ0) is 60.3.